The molecule has 2 aliphatic rings. The van der Waals surface area contributed by atoms with E-state index >= 15 is 0 Å². The van der Waals surface area contributed by atoms with Crippen LogP contribution >= 0.6 is 23.1 Å². The molecule has 0 bridgehead atoms. The van der Waals surface area contributed by atoms with Crippen molar-refractivity contribution in [1.29, 1.82) is 0 Å². The maximum atomic E-state index is 12.3. The number of aromatic nitrogens is 1. The molecule has 0 radical (unpaired) electrons. The van der Waals surface area contributed by atoms with Gasteiger partial charge in [0.25, 0.3) is 5.91 Å². The number of thiazole rings is 1. The summed E-state index contributed by atoms with van der Waals surface area (Å²) in [7, 11) is 0. The number of amides is 1. The van der Waals surface area contributed by atoms with Crippen molar-refractivity contribution < 1.29 is 4.79 Å². The lowest BCUT2D eigenvalue weighted by Gasteiger charge is -2.13. The van der Waals surface area contributed by atoms with E-state index in [0.717, 1.165) is 40.8 Å². The van der Waals surface area contributed by atoms with E-state index in [1.54, 1.807) is 11.3 Å². The summed E-state index contributed by atoms with van der Waals surface area (Å²) in [5, 5.41) is 7.77. The van der Waals surface area contributed by atoms with Crippen molar-refractivity contribution in [1.82, 2.24) is 15.2 Å². The largest absolute Gasteiger partial charge is 0.361 e. The lowest BCUT2D eigenvalue weighted by Crippen LogP contribution is -2.22. The maximum absolute atomic E-state index is 12.3. The molecule has 2 aliphatic heterocycles. The third-order valence-electron chi connectivity index (χ3n) is 5.15. The number of carbonyl (C=O) groups is 1. The highest BCUT2D eigenvalue weighted by molar-refractivity contribution is 8.18. The van der Waals surface area contributed by atoms with Crippen molar-refractivity contribution in [3.8, 4) is 0 Å². The van der Waals surface area contributed by atoms with E-state index in [-0.39, 0.29) is 5.91 Å². The van der Waals surface area contributed by atoms with Crippen molar-refractivity contribution in [2.24, 2.45) is 4.99 Å². The first kappa shape index (κ1) is 21.1. The van der Waals surface area contributed by atoms with Crippen molar-refractivity contribution in [2.45, 2.75) is 33.1 Å². The van der Waals surface area contributed by atoms with Gasteiger partial charge in [0.05, 0.1) is 15.5 Å². The van der Waals surface area contributed by atoms with Crippen LogP contribution in [0.25, 0.3) is 6.08 Å². The van der Waals surface area contributed by atoms with Crippen LogP contribution < -0.4 is 10.6 Å². The Balaban J connectivity index is 1.33. The molecule has 158 valence electrons. The Labute approximate surface area is 185 Å². The minimum atomic E-state index is -0.114. The van der Waals surface area contributed by atoms with Gasteiger partial charge in [-0.25, -0.2) is 9.98 Å². The predicted octanol–water partition coefficient (Wildman–Crippen LogP) is 4.55. The molecule has 0 atom stereocenters. The lowest BCUT2D eigenvalue weighted by molar-refractivity contribution is -0.115. The molecule has 6 nitrogen and oxygen atoms in total. The fraction of sp³-hybridized carbons (Fsp3) is 0.409. The molecule has 0 saturated carbocycles. The van der Waals surface area contributed by atoms with E-state index in [9.17, 15) is 4.79 Å². The highest BCUT2D eigenvalue weighted by Crippen LogP contribution is 2.31. The molecule has 3 heterocycles. The Hall–Kier alpha value is -2.16. The van der Waals surface area contributed by atoms with Crippen LogP contribution in [-0.2, 0) is 4.79 Å². The SMILES string of the molecule is Cc1ccc(N=C2NC(=O)C(=Cc3cnc(NCCCN4CCCC4)s3)S2)c(C)c1. The summed E-state index contributed by atoms with van der Waals surface area (Å²) >= 11 is 2.94. The fourth-order valence-electron chi connectivity index (χ4n) is 3.59. The van der Waals surface area contributed by atoms with Crippen LogP contribution in [0.2, 0.25) is 0 Å². The second-order valence-electron chi connectivity index (χ2n) is 7.67. The number of rotatable bonds is 7. The number of amidine groups is 1. The molecule has 1 amide bonds. The van der Waals surface area contributed by atoms with E-state index in [1.807, 2.05) is 31.3 Å². The molecule has 8 heteroatoms. The number of benzene rings is 1. The minimum Gasteiger partial charge on any atom is -0.361 e. The number of hydrogen-bond donors (Lipinski definition) is 2. The van der Waals surface area contributed by atoms with Crippen molar-refractivity contribution >= 4 is 51.1 Å². The van der Waals surface area contributed by atoms with Gasteiger partial charge in [-0.15, -0.1) is 0 Å². The second-order valence-corrected chi connectivity index (χ2v) is 9.76. The average Bonchev–Trinajstić information content (AvgIpc) is 3.45. The number of thioether (sulfide) groups is 1. The smallest absolute Gasteiger partial charge is 0.264 e. The van der Waals surface area contributed by atoms with Crippen LogP contribution in [-0.4, -0.2) is 47.1 Å². The predicted molar refractivity (Wildman–Crippen MR) is 128 cm³/mol. The van der Waals surface area contributed by atoms with Gasteiger partial charge in [0.2, 0.25) is 0 Å². The molecule has 4 rings (SSSR count). The van der Waals surface area contributed by atoms with Crippen molar-refractivity contribution in [2.75, 3.05) is 31.5 Å². The Bertz CT molecular complexity index is 976. The Morgan fingerprint density at radius 1 is 1.30 bits per heavy atom. The molecular weight excluding hydrogens is 414 g/mol. The standard InChI is InChI=1S/C22H27N5OS2/c1-15-6-7-18(16(2)12-15)25-22-26-20(28)19(30-22)13-17-14-24-21(29-17)23-8-5-11-27-9-3-4-10-27/h6-7,12-14H,3-5,8-11H2,1-2H3,(H,23,24)(H,25,26,28). The quantitative estimate of drug-likeness (QED) is 0.487. The normalized spacial score (nSPS) is 19.7. The van der Waals surface area contributed by atoms with E-state index in [2.05, 4.69) is 38.5 Å². The van der Waals surface area contributed by atoms with Crippen LogP contribution in [0.5, 0.6) is 0 Å². The number of nitrogens with one attached hydrogen (secondary N) is 2. The lowest BCUT2D eigenvalue weighted by atomic mass is 10.1. The topological polar surface area (TPSA) is 69.6 Å². The molecule has 30 heavy (non-hydrogen) atoms. The number of carbonyl (C=O) groups excluding carboxylic acids is 1. The van der Waals surface area contributed by atoms with Gasteiger partial charge < -0.3 is 15.5 Å². The van der Waals surface area contributed by atoms with Gasteiger partial charge in [-0.3, -0.25) is 4.79 Å². The molecule has 0 unspecified atom stereocenters. The number of nitrogens with zero attached hydrogens (tertiary/aromatic N) is 3. The molecule has 1 aromatic carbocycles. The summed E-state index contributed by atoms with van der Waals surface area (Å²) < 4.78 is 0. The van der Waals surface area contributed by atoms with Crippen molar-refractivity contribution in [3.05, 3.63) is 45.3 Å². The zero-order chi connectivity index (χ0) is 20.9. The Morgan fingerprint density at radius 2 is 2.13 bits per heavy atom. The average molecular weight is 442 g/mol. The summed E-state index contributed by atoms with van der Waals surface area (Å²) in [5.74, 6) is -0.114. The Kier molecular flexibility index (Phi) is 6.86. The summed E-state index contributed by atoms with van der Waals surface area (Å²) in [4.78, 5) is 25.5. The molecule has 0 aliphatic carbocycles. The van der Waals surface area contributed by atoms with E-state index < -0.39 is 0 Å². The zero-order valence-electron chi connectivity index (χ0n) is 17.4. The van der Waals surface area contributed by atoms with Gasteiger partial charge in [-0.05, 0) is 82.2 Å². The number of hydrogen-bond acceptors (Lipinski definition) is 7. The van der Waals surface area contributed by atoms with E-state index in [0.29, 0.717) is 10.1 Å². The van der Waals surface area contributed by atoms with Crippen LogP contribution in [0.4, 0.5) is 10.8 Å². The van der Waals surface area contributed by atoms with E-state index in [4.69, 9.17) is 0 Å². The van der Waals surface area contributed by atoms with Crippen LogP contribution in [0.3, 0.4) is 0 Å². The highest BCUT2D eigenvalue weighted by Gasteiger charge is 2.24. The summed E-state index contributed by atoms with van der Waals surface area (Å²) in [6, 6.07) is 6.10. The van der Waals surface area contributed by atoms with Gasteiger partial charge in [0.1, 0.15) is 0 Å². The van der Waals surface area contributed by atoms with Crippen LogP contribution in [0.1, 0.15) is 35.3 Å². The van der Waals surface area contributed by atoms with Gasteiger partial charge in [0.15, 0.2) is 10.3 Å². The number of anilines is 1. The molecule has 1 aromatic heterocycles. The molecule has 0 spiro atoms. The summed E-state index contributed by atoms with van der Waals surface area (Å²) in [5.41, 5.74) is 3.17. The highest BCUT2D eigenvalue weighted by atomic mass is 32.2. The number of aliphatic imine (C=N–C) groups is 1. The third kappa shape index (κ3) is 5.50. The first-order valence-electron chi connectivity index (χ1n) is 10.4. The second kappa shape index (κ2) is 9.76. The maximum Gasteiger partial charge on any atom is 0.264 e. The summed E-state index contributed by atoms with van der Waals surface area (Å²) in [6.45, 7) is 8.63. The van der Waals surface area contributed by atoms with Crippen molar-refractivity contribution in [3.63, 3.8) is 0 Å². The first-order chi connectivity index (χ1) is 14.6. The first-order valence-corrected chi connectivity index (χ1v) is 12.0. The zero-order valence-corrected chi connectivity index (χ0v) is 19.0. The summed E-state index contributed by atoms with van der Waals surface area (Å²) in [6.07, 6.45) is 7.48. The minimum absolute atomic E-state index is 0.114. The van der Waals surface area contributed by atoms with Gasteiger partial charge in [-0.2, -0.15) is 0 Å². The monoisotopic (exact) mass is 441 g/mol. The number of aryl methyl sites for hydroxylation is 2. The van der Waals surface area contributed by atoms with Crippen LogP contribution in [0.15, 0.2) is 34.3 Å². The third-order valence-corrected chi connectivity index (χ3v) is 6.96. The van der Waals surface area contributed by atoms with Gasteiger partial charge in [-0.1, -0.05) is 29.0 Å². The molecular formula is C22H27N5OS2. The van der Waals surface area contributed by atoms with E-state index in [1.165, 1.54) is 43.3 Å². The molecule has 2 N–H and O–H groups in total. The van der Waals surface area contributed by atoms with Crippen LogP contribution in [0, 0.1) is 13.8 Å². The van der Waals surface area contributed by atoms with Gasteiger partial charge >= 0.3 is 0 Å². The van der Waals surface area contributed by atoms with Gasteiger partial charge in [0, 0.05) is 12.7 Å². The molecule has 2 saturated heterocycles. The number of likely N-dealkylation sites (tertiary alicyclic amines) is 1. The molecule has 2 fully saturated rings. The molecule has 2 aromatic rings. The Morgan fingerprint density at radius 3 is 2.93 bits per heavy atom. The fourth-order valence-corrected chi connectivity index (χ4v) is 5.27.